The quantitative estimate of drug-likeness (QED) is 0.404. The first-order valence-electron chi connectivity index (χ1n) is 13.4. The maximum atomic E-state index is 14.1. The number of rotatable bonds is 11. The van der Waals surface area contributed by atoms with Crippen LogP contribution >= 0.6 is 0 Å². The summed E-state index contributed by atoms with van der Waals surface area (Å²) in [4.78, 5) is 53.9. The number of nitrogens with two attached hydrogens (primary N) is 1. The van der Waals surface area contributed by atoms with E-state index >= 15 is 0 Å². The lowest BCUT2D eigenvalue weighted by molar-refractivity contribution is -0.144. The second-order valence-electron chi connectivity index (χ2n) is 11.1. The highest BCUT2D eigenvalue weighted by atomic mass is 16.6. The predicted octanol–water partition coefficient (Wildman–Crippen LogP) is 3.61. The van der Waals surface area contributed by atoms with E-state index in [-0.39, 0.29) is 24.4 Å². The van der Waals surface area contributed by atoms with Gasteiger partial charge in [0.05, 0.1) is 6.42 Å². The zero-order chi connectivity index (χ0) is 28.7. The summed E-state index contributed by atoms with van der Waals surface area (Å²) in [5, 5.41) is 5.49. The van der Waals surface area contributed by atoms with Crippen LogP contribution in [0.5, 0.6) is 0 Å². The van der Waals surface area contributed by atoms with Crippen LogP contribution in [0.4, 0.5) is 4.79 Å². The van der Waals surface area contributed by atoms with Gasteiger partial charge in [-0.15, -0.1) is 0 Å². The van der Waals surface area contributed by atoms with Gasteiger partial charge in [-0.1, -0.05) is 68.4 Å². The topological polar surface area (TPSA) is 131 Å². The summed E-state index contributed by atoms with van der Waals surface area (Å²) in [6.45, 7) is 9.41. The molecular weight excluding hydrogens is 496 g/mol. The van der Waals surface area contributed by atoms with Crippen molar-refractivity contribution >= 4 is 23.8 Å². The fraction of sp³-hybridized carbons (Fsp3) is 0.467. The van der Waals surface area contributed by atoms with Crippen LogP contribution in [-0.2, 0) is 32.1 Å². The highest BCUT2D eigenvalue weighted by Crippen LogP contribution is 2.41. The van der Waals surface area contributed by atoms with Crippen molar-refractivity contribution in [2.24, 2.45) is 11.7 Å². The largest absolute Gasteiger partial charge is 0.444 e. The molecule has 4 amide bonds. The number of carbonyl (C=O) groups is 4. The lowest BCUT2D eigenvalue weighted by Gasteiger charge is -2.35. The summed E-state index contributed by atoms with van der Waals surface area (Å²) >= 11 is 0. The van der Waals surface area contributed by atoms with E-state index in [0.29, 0.717) is 12.0 Å². The minimum Gasteiger partial charge on any atom is -0.444 e. The van der Waals surface area contributed by atoms with Crippen LogP contribution in [-0.4, -0.2) is 46.4 Å². The zero-order valence-corrected chi connectivity index (χ0v) is 23.4. The Labute approximate surface area is 230 Å². The number of hydrogen-bond acceptors (Lipinski definition) is 5. The van der Waals surface area contributed by atoms with Gasteiger partial charge in [-0.3, -0.25) is 14.4 Å². The maximum absolute atomic E-state index is 14.1. The summed E-state index contributed by atoms with van der Waals surface area (Å²) in [5.41, 5.74) is 7.31. The number of ether oxygens (including phenoxy) is 1. The molecular formula is C30H40N4O5. The molecule has 1 aliphatic rings. The van der Waals surface area contributed by atoms with Crippen LogP contribution in [0.15, 0.2) is 54.6 Å². The van der Waals surface area contributed by atoms with Crippen LogP contribution in [0, 0.1) is 5.92 Å². The number of carbonyl (C=O) groups excluding carboxylic acids is 4. The van der Waals surface area contributed by atoms with Crippen molar-refractivity contribution in [3.63, 3.8) is 0 Å². The Kier molecular flexibility index (Phi) is 9.72. The molecule has 1 fully saturated rings. The van der Waals surface area contributed by atoms with Crippen molar-refractivity contribution in [3.05, 3.63) is 71.3 Å². The van der Waals surface area contributed by atoms with Crippen LogP contribution < -0.4 is 16.4 Å². The van der Waals surface area contributed by atoms with E-state index in [1.165, 1.54) is 4.90 Å². The number of primary amides is 1. The fourth-order valence-electron chi connectivity index (χ4n) is 4.46. The Morgan fingerprint density at radius 2 is 1.64 bits per heavy atom. The molecule has 2 aromatic rings. The van der Waals surface area contributed by atoms with E-state index < -0.39 is 42.0 Å². The highest BCUT2D eigenvalue weighted by molar-refractivity contribution is 5.95. The standard InChI is InChI=1S/C30H40N4O5/c1-6-20-12-14-22(15-13-20)26(27(36)32-18-21-10-8-7-9-11-21)34(24-16-19(24)2)28(37)23(17-25(31)35)33-29(38)39-30(3,4)5/h7-15,19,23-24,26H,6,16-18H2,1-5H3,(H2,31,35)(H,32,36)(H,33,38). The summed E-state index contributed by atoms with van der Waals surface area (Å²) < 4.78 is 5.33. The molecule has 0 spiro atoms. The molecule has 0 aliphatic heterocycles. The molecule has 0 bridgehead atoms. The number of amides is 4. The Bertz CT molecular complexity index is 1160. The molecule has 1 saturated carbocycles. The monoisotopic (exact) mass is 536 g/mol. The average molecular weight is 537 g/mol. The molecule has 0 aromatic heterocycles. The molecule has 2 aromatic carbocycles. The van der Waals surface area contributed by atoms with Gasteiger partial charge in [0.1, 0.15) is 17.7 Å². The van der Waals surface area contributed by atoms with Gasteiger partial charge in [-0.05, 0) is 56.2 Å². The number of nitrogens with one attached hydrogen (secondary N) is 2. The first kappa shape index (κ1) is 29.7. The van der Waals surface area contributed by atoms with Crippen LogP contribution in [0.25, 0.3) is 0 Å². The Morgan fingerprint density at radius 3 is 2.15 bits per heavy atom. The van der Waals surface area contributed by atoms with Gasteiger partial charge < -0.3 is 26.0 Å². The van der Waals surface area contributed by atoms with E-state index in [4.69, 9.17) is 10.5 Å². The second-order valence-corrected chi connectivity index (χ2v) is 11.1. The number of benzene rings is 2. The van der Waals surface area contributed by atoms with E-state index in [1.54, 1.807) is 20.8 Å². The number of aryl methyl sites for hydroxylation is 1. The van der Waals surface area contributed by atoms with Gasteiger partial charge in [0.2, 0.25) is 17.7 Å². The van der Waals surface area contributed by atoms with Crippen LogP contribution in [0.3, 0.4) is 0 Å². The molecule has 0 radical (unpaired) electrons. The summed E-state index contributed by atoms with van der Waals surface area (Å²) in [6, 6.07) is 14.6. The van der Waals surface area contributed by atoms with Crippen LogP contribution in [0.2, 0.25) is 0 Å². The summed E-state index contributed by atoms with van der Waals surface area (Å²) in [7, 11) is 0. The van der Waals surface area contributed by atoms with Gasteiger partial charge in [-0.25, -0.2) is 4.79 Å². The number of nitrogens with zero attached hydrogens (tertiary/aromatic N) is 1. The molecule has 4 atom stereocenters. The molecule has 9 heteroatoms. The van der Waals surface area contributed by atoms with Crippen molar-refractivity contribution in [1.29, 1.82) is 0 Å². The number of hydrogen-bond donors (Lipinski definition) is 3. The molecule has 4 N–H and O–H groups in total. The highest BCUT2D eigenvalue weighted by Gasteiger charge is 2.48. The second kappa shape index (κ2) is 12.8. The molecule has 210 valence electrons. The molecule has 0 heterocycles. The van der Waals surface area contributed by atoms with Gasteiger partial charge in [0.25, 0.3) is 0 Å². The normalized spacial score (nSPS) is 17.9. The average Bonchev–Trinajstić information content (AvgIpc) is 3.60. The van der Waals surface area contributed by atoms with E-state index in [9.17, 15) is 19.2 Å². The van der Waals surface area contributed by atoms with E-state index in [2.05, 4.69) is 10.6 Å². The van der Waals surface area contributed by atoms with Crippen molar-refractivity contribution < 1.29 is 23.9 Å². The smallest absolute Gasteiger partial charge is 0.408 e. The lowest BCUT2D eigenvalue weighted by Crippen LogP contribution is -2.55. The van der Waals surface area contributed by atoms with Crippen molar-refractivity contribution in [2.45, 2.75) is 84.2 Å². The van der Waals surface area contributed by atoms with Gasteiger partial charge in [0, 0.05) is 12.6 Å². The third kappa shape index (κ3) is 8.56. The summed E-state index contributed by atoms with van der Waals surface area (Å²) in [5.74, 6) is -1.53. The third-order valence-electron chi connectivity index (χ3n) is 6.61. The van der Waals surface area contributed by atoms with Crippen molar-refractivity contribution in [3.8, 4) is 0 Å². The first-order chi connectivity index (χ1) is 18.4. The van der Waals surface area contributed by atoms with Crippen molar-refractivity contribution in [2.75, 3.05) is 0 Å². The zero-order valence-electron chi connectivity index (χ0n) is 23.4. The Morgan fingerprint density at radius 1 is 1.03 bits per heavy atom. The SMILES string of the molecule is CCc1ccc(C(C(=O)NCc2ccccc2)N(C(=O)C(CC(N)=O)NC(=O)OC(C)(C)C)C2CC2C)cc1. The molecule has 4 unspecified atom stereocenters. The van der Waals surface area contributed by atoms with Crippen molar-refractivity contribution in [1.82, 2.24) is 15.5 Å². The first-order valence-corrected chi connectivity index (χ1v) is 13.4. The molecule has 1 aliphatic carbocycles. The Balaban J connectivity index is 1.98. The number of alkyl carbamates (subject to hydrolysis) is 1. The maximum Gasteiger partial charge on any atom is 0.408 e. The van der Waals surface area contributed by atoms with E-state index in [0.717, 1.165) is 17.5 Å². The van der Waals surface area contributed by atoms with E-state index in [1.807, 2.05) is 68.4 Å². The minimum absolute atomic E-state index is 0.143. The molecule has 0 saturated heterocycles. The van der Waals surface area contributed by atoms with Gasteiger partial charge in [0.15, 0.2) is 0 Å². The molecule has 3 rings (SSSR count). The van der Waals surface area contributed by atoms with Gasteiger partial charge >= 0.3 is 6.09 Å². The van der Waals surface area contributed by atoms with Gasteiger partial charge in [-0.2, -0.15) is 0 Å². The lowest BCUT2D eigenvalue weighted by atomic mass is 9.99. The summed E-state index contributed by atoms with van der Waals surface area (Å²) in [6.07, 6.45) is 0.247. The third-order valence-corrected chi connectivity index (χ3v) is 6.61. The van der Waals surface area contributed by atoms with Crippen LogP contribution in [0.1, 0.15) is 70.2 Å². The Hall–Kier alpha value is -3.88. The predicted molar refractivity (Wildman–Crippen MR) is 148 cm³/mol. The fourth-order valence-corrected chi connectivity index (χ4v) is 4.46. The molecule has 39 heavy (non-hydrogen) atoms. The molecule has 9 nitrogen and oxygen atoms in total. The minimum atomic E-state index is -1.29.